The van der Waals surface area contributed by atoms with Crippen LogP contribution in [0.15, 0.2) is 24.5 Å². The first-order chi connectivity index (χ1) is 13.7. The Hall–Kier alpha value is -3.27. The molecule has 26 heavy (non-hydrogen) atoms. The smallest absolute Gasteiger partial charge is 0.254 e. The van der Waals surface area contributed by atoms with E-state index in [1.54, 1.807) is 13.1 Å². The van der Waals surface area contributed by atoms with Gasteiger partial charge in [0.15, 0.2) is 11.6 Å². The number of nitrogens with zero attached hydrogens (tertiary/aromatic N) is 6. The lowest BCUT2D eigenvalue weighted by Gasteiger charge is -2.14. The van der Waals surface area contributed by atoms with Crippen molar-refractivity contribution in [2.75, 3.05) is 19.4 Å². The van der Waals surface area contributed by atoms with E-state index in [1.165, 1.54) is 24.2 Å². The molecule has 0 aromatic carbocycles. The van der Waals surface area contributed by atoms with Gasteiger partial charge in [-0.2, -0.15) is 4.80 Å². The van der Waals surface area contributed by atoms with Crippen molar-refractivity contribution >= 4 is 29.0 Å². The van der Waals surface area contributed by atoms with Gasteiger partial charge in [0.2, 0.25) is 5.82 Å². The SMILES string of the molecule is [2H]C([2H])([2H])NC(=O)c1cnc(Cl)cc1Nc1nccc(-c2nnn(C)n2)c1OC. The summed E-state index contributed by atoms with van der Waals surface area (Å²) in [4.78, 5) is 21.7. The minimum Gasteiger partial charge on any atom is -0.492 e. The Balaban J connectivity index is 2.02. The highest BCUT2D eigenvalue weighted by Crippen LogP contribution is 2.35. The highest BCUT2D eigenvalue weighted by Gasteiger charge is 2.19. The molecule has 3 rings (SSSR count). The third kappa shape index (κ3) is 3.40. The maximum absolute atomic E-state index is 12.4. The maximum Gasteiger partial charge on any atom is 0.254 e. The number of hydrogen-bond donors (Lipinski definition) is 2. The van der Waals surface area contributed by atoms with Crippen LogP contribution in [0.25, 0.3) is 11.4 Å². The number of ether oxygens (including phenoxy) is 1. The molecule has 0 unspecified atom stereocenters. The van der Waals surface area contributed by atoms with Gasteiger partial charge >= 0.3 is 0 Å². The van der Waals surface area contributed by atoms with Crippen molar-refractivity contribution < 1.29 is 13.6 Å². The van der Waals surface area contributed by atoms with E-state index in [4.69, 9.17) is 20.5 Å². The van der Waals surface area contributed by atoms with Crippen LogP contribution in [0, 0.1) is 0 Å². The van der Waals surface area contributed by atoms with Crippen molar-refractivity contribution in [3.63, 3.8) is 0 Å². The van der Waals surface area contributed by atoms with E-state index in [-0.39, 0.29) is 28.0 Å². The summed E-state index contributed by atoms with van der Waals surface area (Å²) in [5.74, 6) is -0.0384. The normalized spacial score (nSPS) is 12.7. The summed E-state index contributed by atoms with van der Waals surface area (Å²) in [7, 11) is 3.06. The lowest BCUT2D eigenvalue weighted by molar-refractivity contribution is 0.0963. The van der Waals surface area contributed by atoms with E-state index >= 15 is 0 Å². The number of nitrogens with one attached hydrogen (secondary N) is 2. The molecule has 10 nitrogen and oxygen atoms in total. The van der Waals surface area contributed by atoms with Gasteiger partial charge in [-0.25, -0.2) is 9.97 Å². The average Bonchev–Trinajstić information content (AvgIpc) is 3.06. The number of halogens is 1. The number of aromatic nitrogens is 6. The van der Waals surface area contributed by atoms with Crippen LogP contribution in [0.5, 0.6) is 5.75 Å². The molecule has 0 fully saturated rings. The summed E-state index contributed by atoms with van der Waals surface area (Å²) >= 11 is 5.95. The third-order valence-corrected chi connectivity index (χ3v) is 3.55. The fourth-order valence-electron chi connectivity index (χ4n) is 2.22. The zero-order valence-electron chi connectivity index (χ0n) is 16.7. The van der Waals surface area contributed by atoms with E-state index in [0.29, 0.717) is 11.4 Å². The predicted octanol–water partition coefficient (Wildman–Crippen LogP) is 1.43. The number of anilines is 2. The molecule has 3 heterocycles. The van der Waals surface area contributed by atoms with Crippen LogP contribution >= 0.6 is 11.6 Å². The first-order valence-electron chi connectivity index (χ1n) is 8.70. The molecule has 0 bridgehead atoms. The van der Waals surface area contributed by atoms with Crippen LogP contribution in [0.4, 0.5) is 11.5 Å². The van der Waals surface area contributed by atoms with E-state index in [0.717, 1.165) is 6.20 Å². The molecule has 3 aromatic rings. The van der Waals surface area contributed by atoms with Crippen LogP contribution in [0.2, 0.25) is 5.15 Å². The lowest BCUT2D eigenvalue weighted by atomic mass is 10.2. The van der Waals surface area contributed by atoms with Crippen LogP contribution < -0.4 is 15.4 Å². The number of rotatable bonds is 5. The number of tetrazole rings is 1. The molecule has 0 atom stereocenters. The Labute approximate surface area is 157 Å². The maximum atomic E-state index is 12.4. The zero-order chi connectivity index (χ0) is 21.2. The summed E-state index contributed by atoms with van der Waals surface area (Å²) in [6.45, 7) is -2.67. The zero-order valence-corrected chi connectivity index (χ0v) is 14.4. The van der Waals surface area contributed by atoms with Gasteiger partial charge in [0.1, 0.15) is 5.15 Å². The highest BCUT2D eigenvalue weighted by molar-refractivity contribution is 6.29. The average molecular weight is 378 g/mol. The highest BCUT2D eigenvalue weighted by atomic mass is 35.5. The van der Waals surface area contributed by atoms with Crippen molar-refractivity contribution in [1.82, 2.24) is 35.5 Å². The second-order valence-corrected chi connectivity index (χ2v) is 5.36. The first-order valence-corrected chi connectivity index (χ1v) is 7.58. The van der Waals surface area contributed by atoms with Gasteiger partial charge in [0.25, 0.3) is 5.91 Å². The van der Waals surface area contributed by atoms with Crippen LogP contribution in [0.1, 0.15) is 14.5 Å². The molecular formula is C15H15ClN8O2. The monoisotopic (exact) mass is 377 g/mol. The summed E-state index contributed by atoms with van der Waals surface area (Å²) in [5.41, 5.74) is 0.644. The first kappa shape index (κ1) is 14.0. The fourth-order valence-corrected chi connectivity index (χ4v) is 2.38. The topological polar surface area (TPSA) is 120 Å². The Bertz CT molecular complexity index is 1060. The molecule has 134 valence electrons. The predicted molar refractivity (Wildman–Crippen MR) is 94.5 cm³/mol. The molecule has 2 N–H and O–H groups in total. The third-order valence-electron chi connectivity index (χ3n) is 3.34. The number of aryl methyl sites for hydroxylation is 1. The second kappa shape index (κ2) is 7.31. The van der Waals surface area contributed by atoms with Crippen LogP contribution in [-0.2, 0) is 7.05 Å². The second-order valence-electron chi connectivity index (χ2n) is 4.97. The summed E-state index contributed by atoms with van der Waals surface area (Å²) in [5, 5.41) is 16.8. The number of pyridine rings is 2. The van der Waals surface area contributed by atoms with E-state index in [1.807, 2.05) is 5.32 Å². The largest absolute Gasteiger partial charge is 0.492 e. The van der Waals surface area contributed by atoms with Crippen LogP contribution in [0.3, 0.4) is 0 Å². The number of amides is 1. The minimum absolute atomic E-state index is 0.0441. The molecule has 0 saturated heterocycles. The molecule has 0 aliphatic rings. The Morgan fingerprint density at radius 2 is 2.27 bits per heavy atom. The van der Waals surface area contributed by atoms with E-state index < -0.39 is 12.9 Å². The van der Waals surface area contributed by atoms with Crippen molar-refractivity contribution in [2.45, 2.75) is 0 Å². The molecule has 3 aromatic heterocycles. The Morgan fingerprint density at radius 3 is 2.96 bits per heavy atom. The van der Waals surface area contributed by atoms with Gasteiger partial charge in [-0.05, 0) is 17.3 Å². The molecule has 0 spiro atoms. The molecule has 0 aliphatic carbocycles. The minimum atomic E-state index is -2.67. The fraction of sp³-hybridized carbons (Fsp3) is 0.200. The number of carbonyl (C=O) groups is 1. The van der Waals surface area contributed by atoms with Crippen molar-refractivity contribution in [3.8, 4) is 17.1 Å². The van der Waals surface area contributed by atoms with Crippen molar-refractivity contribution in [3.05, 3.63) is 35.2 Å². The Morgan fingerprint density at radius 1 is 1.42 bits per heavy atom. The van der Waals surface area contributed by atoms with Gasteiger partial charge in [-0.15, -0.1) is 10.2 Å². The van der Waals surface area contributed by atoms with Gasteiger partial charge < -0.3 is 15.4 Å². The lowest BCUT2D eigenvalue weighted by Crippen LogP contribution is -2.19. The molecule has 0 saturated carbocycles. The quantitative estimate of drug-likeness (QED) is 0.641. The number of carbonyl (C=O) groups excluding carboxylic acids is 1. The van der Waals surface area contributed by atoms with Gasteiger partial charge in [0, 0.05) is 23.5 Å². The molecule has 11 heteroatoms. The summed E-state index contributed by atoms with van der Waals surface area (Å²) in [6, 6.07) is 3.01. The van der Waals surface area contributed by atoms with Gasteiger partial charge in [-0.1, -0.05) is 11.6 Å². The van der Waals surface area contributed by atoms with Gasteiger partial charge in [0.05, 0.1) is 31.0 Å². The number of methoxy groups -OCH3 is 1. The standard InChI is InChI=1S/C15H15ClN8O2/c1-17-15(25)9-7-19-11(16)6-10(9)20-14-12(26-3)8(4-5-18-14)13-21-23-24(2)22-13/h4-7H,1-3H3,(H,17,25)(H,18,19,20)/i1D3. The van der Waals surface area contributed by atoms with Crippen molar-refractivity contribution in [2.24, 2.45) is 7.05 Å². The van der Waals surface area contributed by atoms with E-state index in [2.05, 4.69) is 30.7 Å². The van der Waals surface area contributed by atoms with Gasteiger partial charge in [-0.3, -0.25) is 4.79 Å². The molecule has 0 aliphatic heterocycles. The molecular weight excluding hydrogens is 360 g/mol. The summed E-state index contributed by atoms with van der Waals surface area (Å²) in [6.07, 6.45) is 2.65. The van der Waals surface area contributed by atoms with Crippen LogP contribution in [-0.4, -0.2) is 50.2 Å². The Kier molecular flexibility index (Phi) is 3.93. The van der Waals surface area contributed by atoms with E-state index in [9.17, 15) is 4.79 Å². The molecule has 0 radical (unpaired) electrons. The van der Waals surface area contributed by atoms with Crippen molar-refractivity contribution in [1.29, 1.82) is 0 Å². The summed E-state index contributed by atoms with van der Waals surface area (Å²) < 4.78 is 27.1. The molecule has 1 amide bonds. The number of hydrogen-bond acceptors (Lipinski definition) is 8.